The van der Waals surface area contributed by atoms with Crippen LogP contribution in [0, 0.1) is 0 Å². The Labute approximate surface area is 129 Å². The maximum Gasteiger partial charge on any atom is 0.163 e. The van der Waals surface area contributed by atoms with Crippen LogP contribution in [0.2, 0.25) is 0 Å². The Kier molecular flexibility index (Phi) is 6.31. The van der Waals surface area contributed by atoms with Crippen LogP contribution in [0.3, 0.4) is 0 Å². The fourth-order valence-electron chi connectivity index (χ4n) is 2.43. The molecule has 14 nitrogen and oxygen atoms in total. The Morgan fingerprint density at radius 3 is 2.22 bits per heavy atom. The van der Waals surface area contributed by atoms with Gasteiger partial charge in [0, 0.05) is 32.1 Å². The van der Waals surface area contributed by atoms with E-state index in [-0.39, 0.29) is 6.42 Å². The summed E-state index contributed by atoms with van der Waals surface area (Å²) in [4.78, 5) is 10.7. The summed E-state index contributed by atoms with van der Waals surface area (Å²) in [6.07, 6.45) is -1.25. The van der Waals surface area contributed by atoms with Gasteiger partial charge in [-0.05, 0) is 29.0 Å². The van der Waals surface area contributed by atoms with E-state index in [0.717, 1.165) is 0 Å². The molecule has 122 valence electrons. The second kappa shape index (κ2) is 7.97. The topological polar surface area (TPSA) is 225 Å². The first-order chi connectivity index (χ1) is 10.9. The normalized spacial score (nSPS) is 32.0. The third-order valence-corrected chi connectivity index (χ3v) is 3.34. The molecule has 0 spiro atoms. The van der Waals surface area contributed by atoms with Crippen LogP contribution in [0.15, 0.2) is 20.5 Å². The molecule has 1 aliphatic heterocycles. The summed E-state index contributed by atoms with van der Waals surface area (Å²) in [7, 11) is 0. The fourth-order valence-corrected chi connectivity index (χ4v) is 2.43. The molecule has 1 rings (SSSR count). The van der Waals surface area contributed by atoms with Crippen LogP contribution < -0.4 is 0 Å². The predicted molar refractivity (Wildman–Crippen MR) is 77.5 cm³/mol. The van der Waals surface area contributed by atoms with Crippen LogP contribution >= 0.6 is 0 Å². The highest BCUT2D eigenvalue weighted by atomic mass is 16.6. The Bertz CT molecular complexity index is 602. The Balaban J connectivity index is 3.37. The van der Waals surface area contributed by atoms with Gasteiger partial charge in [0.25, 0.3) is 0 Å². The predicted octanol–water partition coefficient (Wildman–Crippen LogP) is 3.22. The van der Waals surface area contributed by atoms with Crippen LogP contribution in [0.4, 0.5) is 0 Å². The van der Waals surface area contributed by atoms with Gasteiger partial charge in [-0.1, -0.05) is 27.4 Å². The summed E-state index contributed by atoms with van der Waals surface area (Å²) in [6.45, 7) is 2.80. The van der Waals surface area contributed by atoms with Crippen molar-refractivity contribution in [3.63, 3.8) is 0 Å². The van der Waals surface area contributed by atoms with E-state index < -0.39 is 36.1 Å². The molecule has 0 radical (unpaired) electrons. The minimum atomic E-state index is -1.70. The Hall–Kier alpha value is -2.84. The summed E-state index contributed by atoms with van der Waals surface area (Å²) < 4.78 is 5.46. The summed E-state index contributed by atoms with van der Waals surface area (Å²) in [5.41, 5.74) is 34.6. The zero-order chi connectivity index (χ0) is 17.5. The van der Waals surface area contributed by atoms with Crippen molar-refractivity contribution < 1.29 is 9.84 Å². The highest BCUT2D eigenvalue weighted by molar-refractivity contribution is 5.03. The average molecular weight is 322 g/mol. The van der Waals surface area contributed by atoms with E-state index in [2.05, 4.69) is 40.1 Å². The zero-order valence-corrected chi connectivity index (χ0v) is 12.3. The van der Waals surface area contributed by atoms with Crippen molar-refractivity contribution in [2.75, 3.05) is 0 Å². The molecule has 14 heteroatoms. The summed E-state index contributed by atoms with van der Waals surface area (Å²) in [6, 6.07) is -3.88. The number of hydrogen-bond donors (Lipinski definition) is 1. The van der Waals surface area contributed by atoms with Crippen LogP contribution in [0.25, 0.3) is 41.8 Å². The summed E-state index contributed by atoms with van der Waals surface area (Å²) in [5, 5.41) is 24.2. The molecular weight excluding hydrogens is 308 g/mol. The highest BCUT2D eigenvalue weighted by Crippen LogP contribution is 2.34. The lowest BCUT2D eigenvalue weighted by Crippen LogP contribution is -2.57. The van der Waals surface area contributed by atoms with E-state index in [9.17, 15) is 5.11 Å². The van der Waals surface area contributed by atoms with Crippen molar-refractivity contribution in [2.24, 2.45) is 20.5 Å². The maximum absolute atomic E-state index is 10.2. The van der Waals surface area contributed by atoms with Crippen molar-refractivity contribution in [1.29, 1.82) is 0 Å². The number of azide groups is 4. The van der Waals surface area contributed by atoms with E-state index in [1.54, 1.807) is 0 Å². The first-order valence-electron chi connectivity index (χ1n) is 6.47. The molecular formula is C9H14N12O2. The van der Waals surface area contributed by atoms with Crippen LogP contribution in [0.1, 0.15) is 20.3 Å². The van der Waals surface area contributed by atoms with E-state index in [4.69, 9.17) is 26.9 Å². The molecule has 1 saturated heterocycles. The zero-order valence-electron chi connectivity index (χ0n) is 12.3. The number of aliphatic hydroxyl groups is 1. The van der Waals surface area contributed by atoms with Crippen molar-refractivity contribution in [2.45, 2.75) is 56.3 Å². The molecule has 0 amide bonds. The van der Waals surface area contributed by atoms with Gasteiger partial charge >= 0.3 is 0 Å². The molecule has 1 aliphatic rings. The molecule has 4 unspecified atom stereocenters. The number of nitrogens with zero attached hydrogens (tertiary/aromatic N) is 12. The molecule has 1 heterocycles. The SMILES string of the molecule is CC(N=[N+]=[N-])C(N=[N+]=[N-])C1OC(C)(O)C[C@@H](N=[N+]=[N-])[C@H]1N=[N+]=[N-]. The molecule has 1 fully saturated rings. The standard InChI is InChI=1S/C9H14N12O2/c1-4(14-18-10)6(16-20-12)8-7(17-21-13)5(15-19-11)3-9(2,22)23-8/h4-8,22H,3H2,1-2H3/t4?,5-,6?,7-,8?,9?/m1/s1. The molecule has 0 aliphatic carbocycles. The van der Waals surface area contributed by atoms with E-state index in [1.807, 2.05) is 0 Å². The third-order valence-electron chi connectivity index (χ3n) is 3.34. The van der Waals surface area contributed by atoms with Crippen molar-refractivity contribution in [3.8, 4) is 0 Å². The van der Waals surface area contributed by atoms with E-state index in [1.165, 1.54) is 13.8 Å². The molecule has 23 heavy (non-hydrogen) atoms. The summed E-state index contributed by atoms with van der Waals surface area (Å²) >= 11 is 0. The molecule has 0 bridgehead atoms. The van der Waals surface area contributed by atoms with Gasteiger partial charge in [0.15, 0.2) is 5.79 Å². The molecule has 0 saturated carbocycles. The van der Waals surface area contributed by atoms with Crippen LogP contribution in [0.5, 0.6) is 0 Å². The van der Waals surface area contributed by atoms with Gasteiger partial charge in [-0.15, -0.1) is 0 Å². The Morgan fingerprint density at radius 2 is 1.70 bits per heavy atom. The largest absolute Gasteiger partial charge is 0.366 e. The first-order valence-corrected chi connectivity index (χ1v) is 6.47. The van der Waals surface area contributed by atoms with Gasteiger partial charge in [-0.25, -0.2) is 0 Å². The van der Waals surface area contributed by atoms with E-state index >= 15 is 0 Å². The van der Waals surface area contributed by atoms with Crippen LogP contribution in [-0.4, -0.2) is 41.2 Å². The number of rotatable bonds is 6. The van der Waals surface area contributed by atoms with Gasteiger partial charge < -0.3 is 9.84 Å². The monoisotopic (exact) mass is 322 g/mol. The molecule has 6 atom stereocenters. The van der Waals surface area contributed by atoms with Crippen LogP contribution in [-0.2, 0) is 4.74 Å². The lowest BCUT2D eigenvalue weighted by Gasteiger charge is -2.44. The van der Waals surface area contributed by atoms with Gasteiger partial charge in [0.1, 0.15) is 0 Å². The molecule has 0 aromatic heterocycles. The minimum Gasteiger partial charge on any atom is -0.366 e. The second-order valence-corrected chi connectivity index (χ2v) is 5.07. The number of ether oxygens (including phenoxy) is 1. The van der Waals surface area contributed by atoms with Gasteiger partial charge in [-0.2, -0.15) is 0 Å². The Morgan fingerprint density at radius 1 is 1.09 bits per heavy atom. The van der Waals surface area contributed by atoms with E-state index in [0.29, 0.717) is 0 Å². The van der Waals surface area contributed by atoms with Crippen molar-refractivity contribution in [1.82, 2.24) is 0 Å². The molecule has 1 N–H and O–H groups in total. The lowest BCUT2D eigenvalue weighted by atomic mass is 9.87. The summed E-state index contributed by atoms with van der Waals surface area (Å²) in [5.74, 6) is -1.70. The van der Waals surface area contributed by atoms with Crippen molar-refractivity contribution >= 4 is 0 Å². The number of hydrogen-bond acceptors (Lipinski definition) is 6. The molecule has 0 aromatic rings. The smallest absolute Gasteiger partial charge is 0.163 e. The first kappa shape index (κ1) is 18.2. The second-order valence-electron chi connectivity index (χ2n) is 5.07. The minimum absolute atomic E-state index is 0.115. The lowest BCUT2D eigenvalue weighted by molar-refractivity contribution is -0.254. The maximum atomic E-state index is 10.2. The third kappa shape index (κ3) is 4.56. The quantitative estimate of drug-likeness (QED) is 0.441. The highest BCUT2D eigenvalue weighted by Gasteiger charge is 2.47. The molecule has 0 aromatic carbocycles. The average Bonchev–Trinajstić information content (AvgIpc) is 2.47. The van der Waals surface area contributed by atoms with Crippen molar-refractivity contribution in [3.05, 3.63) is 41.8 Å². The van der Waals surface area contributed by atoms with Gasteiger partial charge in [-0.3, -0.25) is 0 Å². The fraction of sp³-hybridized carbons (Fsp3) is 1.00. The van der Waals surface area contributed by atoms with Gasteiger partial charge in [0.2, 0.25) is 0 Å². The van der Waals surface area contributed by atoms with Gasteiger partial charge in [0.05, 0.1) is 24.2 Å².